The van der Waals surface area contributed by atoms with Crippen LogP contribution in [0.25, 0.3) is 0 Å². The lowest BCUT2D eigenvalue weighted by molar-refractivity contribution is -0.927. The molecule has 0 spiro atoms. The monoisotopic (exact) mass is 406 g/mol. The Morgan fingerprint density at radius 1 is 0.733 bits per heavy atom. The lowest BCUT2D eigenvalue weighted by Crippen LogP contribution is -3.09. The number of fused-ring (bicyclic) bond motifs is 1. The second kappa shape index (κ2) is 9.55. The molecule has 3 aromatic carbocycles. The van der Waals surface area contributed by atoms with Gasteiger partial charge in [0.1, 0.15) is 24.6 Å². The maximum absolute atomic E-state index is 5.53. The van der Waals surface area contributed by atoms with Crippen molar-refractivity contribution in [3.05, 3.63) is 83.4 Å². The van der Waals surface area contributed by atoms with Crippen molar-refractivity contribution in [1.29, 1.82) is 0 Å². The summed E-state index contributed by atoms with van der Waals surface area (Å²) in [4.78, 5) is 1.47. The first-order valence-corrected chi connectivity index (χ1v) is 10.2. The average Bonchev–Trinajstić information content (AvgIpc) is 3.25. The molecule has 1 heterocycles. The van der Waals surface area contributed by atoms with Gasteiger partial charge in [-0.15, -0.1) is 0 Å². The minimum Gasteiger partial charge on any atom is -0.497 e. The highest BCUT2D eigenvalue weighted by molar-refractivity contribution is 5.44. The van der Waals surface area contributed by atoms with Crippen molar-refractivity contribution in [2.24, 2.45) is 0 Å². The molecule has 1 aliphatic heterocycles. The van der Waals surface area contributed by atoms with Gasteiger partial charge in [-0.25, -0.2) is 0 Å². The zero-order chi connectivity index (χ0) is 20.8. The van der Waals surface area contributed by atoms with Crippen LogP contribution < -0.4 is 23.8 Å². The van der Waals surface area contributed by atoms with E-state index in [1.807, 2.05) is 18.2 Å². The van der Waals surface area contributed by atoms with E-state index in [1.54, 1.807) is 14.2 Å². The van der Waals surface area contributed by atoms with E-state index in [9.17, 15) is 0 Å². The Bertz CT molecular complexity index is 939. The first kappa shape index (κ1) is 20.1. The first-order valence-electron chi connectivity index (χ1n) is 10.2. The largest absolute Gasteiger partial charge is 0.497 e. The third-order valence-corrected chi connectivity index (χ3v) is 5.38. The summed E-state index contributed by atoms with van der Waals surface area (Å²) < 4.78 is 21.8. The maximum atomic E-state index is 5.53. The lowest BCUT2D eigenvalue weighted by Gasteiger charge is -2.20. The first-order chi connectivity index (χ1) is 14.7. The molecule has 30 heavy (non-hydrogen) atoms. The molecule has 0 saturated carbocycles. The molecular formula is C25H28NO4+. The number of rotatable bonds is 9. The van der Waals surface area contributed by atoms with Gasteiger partial charge in [-0.3, -0.25) is 0 Å². The van der Waals surface area contributed by atoms with Crippen molar-refractivity contribution >= 4 is 0 Å². The number of ether oxygens (including phenoxy) is 4. The summed E-state index contributed by atoms with van der Waals surface area (Å²) in [6, 6.07) is 22.8. The van der Waals surface area contributed by atoms with E-state index < -0.39 is 0 Å². The van der Waals surface area contributed by atoms with E-state index >= 15 is 0 Å². The Kier molecular flexibility index (Phi) is 6.40. The second-order valence-corrected chi connectivity index (χ2v) is 7.49. The van der Waals surface area contributed by atoms with Crippen molar-refractivity contribution < 1.29 is 23.8 Å². The van der Waals surface area contributed by atoms with Gasteiger partial charge in [0, 0.05) is 17.5 Å². The van der Waals surface area contributed by atoms with Gasteiger partial charge in [-0.2, -0.15) is 0 Å². The number of quaternary nitrogens is 1. The van der Waals surface area contributed by atoms with Gasteiger partial charge in [0.25, 0.3) is 0 Å². The molecular weight excluding hydrogens is 378 g/mol. The highest BCUT2D eigenvalue weighted by Gasteiger charge is 2.16. The Balaban J connectivity index is 1.49. The maximum Gasteiger partial charge on any atom is 0.231 e. The fourth-order valence-corrected chi connectivity index (χ4v) is 3.80. The van der Waals surface area contributed by atoms with Crippen molar-refractivity contribution in [2.75, 3.05) is 27.6 Å². The van der Waals surface area contributed by atoms with E-state index in [4.69, 9.17) is 18.9 Å². The van der Waals surface area contributed by atoms with Gasteiger partial charge in [-0.05, 0) is 42.0 Å². The van der Waals surface area contributed by atoms with E-state index in [0.29, 0.717) is 6.79 Å². The zero-order valence-electron chi connectivity index (χ0n) is 17.5. The SMILES string of the molecule is COc1cccc(C[NH+](CCc2ccc3c(c2)OCO3)Cc2cccc(OC)c2)c1. The van der Waals surface area contributed by atoms with Crippen LogP contribution in [0.5, 0.6) is 23.0 Å². The molecule has 0 fully saturated rings. The summed E-state index contributed by atoms with van der Waals surface area (Å²) in [5, 5.41) is 0. The average molecular weight is 407 g/mol. The van der Waals surface area contributed by atoms with Gasteiger partial charge in [-0.1, -0.05) is 30.3 Å². The molecule has 0 radical (unpaired) electrons. The summed E-state index contributed by atoms with van der Waals surface area (Å²) in [7, 11) is 3.42. The van der Waals surface area contributed by atoms with E-state index in [2.05, 4.69) is 48.5 Å². The molecule has 0 amide bonds. The molecule has 5 nitrogen and oxygen atoms in total. The molecule has 0 saturated heterocycles. The molecule has 1 aliphatic rings. The molecule has 5 heteroatoms. The smallest absolute Gasteiger partial charge is 0.231 e. The van der Waals surface area contributed by atoms with Gasteiger partial charge >= 0.3 is 0 Å². The molecule has 0 aromatic heterocycles. The van der Waals surface area contributed by atoms with Gasteiger partial charge in [0.05, 0.1) is 20.8 Å². The zero-order valence-corrected chi connectivity index (χ0v) is 17.5. The van der Waals surface area contributed by atoms with E-state index in [1.165, 1.54) is 21.6 Å². The quantitative estimate of drug-likeness (QED) is 0.592. The number of hydrogen-bond donors (Lipinski definition) is 1. The molecule has 0 unspecified atom stereocenters. The highest BCUT2D eigenvalue weighted by Crippen LogP contribution is 2.32. The van der Waals surface area contributed by atoms with Crippen LogP contribution in [0, 0.1) is 0 Å². The minimum absolute atomic E-state index is 0.307. The van der Waals surface area contributed by atoms with Crippen molar-refractivity contribution in [3.63, 3.8) is 0 Å². The fourth-order valence-electron chi connectivity index (χ4n) is 3.80. The Morgan fingerprint density at radius 2 is 1.37 bits per heavy atom. The Morgan fingerprint density at radius 3 is 2.00 bits per heavy atom. The van der Waals surface area contributed by atoms with Crippen LogP contribution >= 0.6 is 0 Å². The van der Waals surface area contributed by atoms with Crippen LogP contribution in [0.3, 0.4) is 0 Å². The van der Waals surface area contributed by atoms with Gasteiger partial charge < -0.3 is 23.8 Å². The third-order valence-electron chi connectivity index (χ3n) is 5.38. The standard InChI is InChI=1S/C25H27NO4/c1-27-22-7-3-5-20(13-22)16-26(17-21-6-4-8-23(14-21)28-2)12-11-19-9-10-24-25(15-19)30-18-29-24/h3-10,13-15H,11-12,16-18H2,1-2H3/p+1. The number of hydrogen-bond acceptors (Lipinski definition) is 4. The summed E-state index contributed by atoms with van der Waals surface area (Å²) in [6.45, 7) is 3.13. The summed E-state index contributed by atoms with van der Waals surface area (Å²) in [5.74, 6) is 3.46. The highest BCUT2D eigenvalue weighted by atomic mass is 16.7. The molecule has 0 bridgehead atoms. The molecule has 1 N–H and O–H groups in total. The van der Waals surface area contributed by atoms with Crippen molar-refractivity contribution in [3.8, 4) is 23.0 Å². The second-order valence-electron chi connectivity index (χ2n) is 7.49. The van der Waals surface area contributed by atoms with Gasteiger partial charge in [0.2, 0.25) is 6.79 Å². The summed E-state index contributed by atoms with van der Waals surface area (Å²) in [5.41, 5.74) is 3.78. The van der Waals surface area contributed by atoms with Crippen LogP contribution in [-0.2, 0) is 19.5 Å². The lowest BCUT2D eigenvalue weighted by atomic mass is 10.1. The van der Waals surface area contributed by atoms with Crippen LogP contribution in [0.4, 0.5) is 0 Å². The Labute approximate surface area is 177 Å². The summed E-state index contributed by atoms with van der Waals surface area (Å²) >= 11 is 0. The van der Waals surface area contributed by atoms with Crippen molar-refractivity contribution in [2.45, 2.75) is 19.5 Å². The number of methoxy groups -OCH3 is 2. The van der Waals surface area contributed by atoms with E-state index in [0.717, 1.165) is 49.1 Å². The molecule has 0 aliphatic carbocycles. The van der Waals surface area contributed by atoms with Crippen LogP contribution in [0.2, 0.25) is 0 Å². The molecule has 4 rings (SSSR count). The topological polar surface area (TPSA) is 41.4 Å². The van der Waals surface area contributed by atoms with Crippen LogP contribution in [0.1, 0.15) is 16.7 Å². The third kappa shape index (κ3) is 5.05. The number of benzene rings is 3. The number of nitrogens with one attached hydrogen (secondary N) is 1. The van der Waals surface area contributed by atoms with Crippen LogP contribution in [-0.4, -0.2) is 27.6 Å². The van der Waals surface area contributed by atoms with Crippen LogP contribution in [0.15, 0.2) is 66.7 Å². The normalized spacial score (nSPS) is 12.2. The molecule has 156 valence electrons. The van der Waals surface area contributed by atoms with Gasteiger partial charge in [0.15, 0.2) is 11.5 Å². The predicted molar refractivity (Wildman–Crippen MR) is 115 cm³/mol. The fraction of sp³-hybridized carbons (Fsp3) is 0.280. The van der Waals surface area contributed by atoms with Crippen molar-refractivity contribution in [1.82, 2.24) is 0 Å². The minimum atomic E-state index is 0.307. The molecule has 3 aromatic rings. The predicted octanol–water partition coefficient (Wildman–Crippen LogP) is 3.26. The summed E-state index contributed by atoms with van der Waals surface area (Å²) in [6.07, 6.45) is 0.958. The van der Waals surface area contributed by atoms with E-state index in [-0.39, 0.29) is 0 Å². The molecule has 0 atom stereocenters. The Hall–Kier alpha value is -3.18.